The van der Waals surface area contributed by atoms with E-state index >= 15 is 0 Å². The van der Waals surface area contributed by atoms with E-state index in [9.17, 15) is 22.4 Å². The number of carbonyl (C=O) groups excluding carboxylic acids is 1. The first-order valence-corrected chi connectivity index (χ1v) is 6.29. The van der Waals surface area contributed by atoms with E-state index in [0.29, 0.717) is 0 Å². The maximum Gasteiger partial charge on any atom is 0.416 e. The molecule has 3 rings (SSSR count). The number of nitrogens with one attached hydrogen (secondary N) is 1. The Morgan fingerprint density at radius 3 is 2.36 bits per heavy atom. The molecule has 1 aliphatic heterocycles. The molecule has 1 atom stereocenters. The quantitative estimate of drug-likeness (QED) is 0.811. The number of anilines is 1. The lowest BCUT2D eigenvalue weighted by Gasteiger charge is -2.26. The van der Waals surface area contributed by atoms with Crippen molar-refractivity contribution < 1.29 is 27.1 Å². The second-order valence-electron chi connectivity index (χ2n) is 4.72. The van der Waals surface area contributed by atoms with E-state index in [-0.39, 0.29) is 17.0 Å². The first kappa shape index (κ1) is 14.4. The van der Waals surface area contributed by atoms with E-state index in [4.69, 9.17) is 4.74 Å². The van der Waals surface area contributed by atoms with Crippen molar-refractivity contribution in [3.63, 3.8) is 0 Å². The minimum atomic E-state index is -4.47. The molecule has 2 aromatic carbocycles. The molecule has 0 saturated carbocycles. The summed E-state index contributed by atoms with van der Waals surface area (Å²) in [6, 6.07) is 8.03. The molecule has 1 amide bonds. The van der Waals surface area contributed by atoms with Gasteiger partial charge in [0.2, 0.25) is 6.10 Å². The van der Waals surface area contributed by atoms with Gasteiger partial charge in [-0.05, 0) is 24.3 Å². The molecule has 0 aromatic heterocycles. The number of alkyl halides is 3. The summed E-state index contributed by atoms with van der Waals surface area (Å²) in [6.45, 7) is 0. The number of benzene rings is 2. The lowest BCUT2D eigenvalue weighted by Crippen LogP contribution is -2.30. The zero-order valence-corrected chi connectivity index (χ0v) is 10.9. The first-order chi connectivity index (χ1) is 10.4. The van der Waals surface area contributed by atoms with Crippen molar-refractivity contribution in [2.75, 3.05) is 5.32 Å². The van der Waals surface area contributed by atoms with Gasteiger partial charge in [0.1, 0.15) is 0 Å². The number of fused-ring (bicyclic) bond motifs is 1. The molecule has 0 aliphatic carbocycles. The maximum atomic E-state index is 13.7. The predicted octanol–water partition coefficient (Wildman–Crippen LogP) is 3.92. The van der Waals surface area contributed by atoms with Crippen molar-refractivity contribution >= 4 is 11.6 Å². The Morgan fingerprint density at radius 2 is 1.73 bits per heavy atom. The number of hydrogen-bond acceptors (Lipinski definition) is 2. The van der Waals surface area contributed by atoms with E-state index in [1.807, 2.05) is 0 Å². The number of rotatable bonds is 1. The van der Waals surface area contributed by atoms with Crippen LogP contribution in [-0.4, -0.2) is 5.91 Å². The molecule has 7 heteroatoms. The fourth-order valence-electron chi connectivity index (χ4n) is 2.16. The van der Waals surface area contributed by atoms with Crippen LogP contribution in [0.1, 0.15) is 17.2 Å². The van der Waals surface area contributed by atoms with Gasteiger partial charge in [-0.3, -0.25) is 4.79 Å². The van der Waals surface area contributed by atoms with Gasteiger partial charge in [0.25, 0.3) is 5.91 Å². The van der Waals surface area contributed by atoms with Crippen LogP contribution in [0.3, 0.4) is 0 Å². The number of ether oxygens (including phenoxy) is 1. The van der Waals surface area contributed by atoms with E-state index in [1.54, 1.807) is 0 Å². The molecular formula is C15H9F4NO2. The average Bonchev–Trinajstić information content (AvgIpc) is 2.46. The lowest BCUT2D eigenvalue weighted by molar-refractivity contribution is -0.137. The topological polar surface area (TPSA) is 38.3 Å². The molecule has 1 aliphatic rings. The molecule has 0 radical (unpaired) electrons. The molecule has 0 bridgehead atoms. The van der Waals surface area contributed by atoms with Gasteiger partial charge in [-0.25, -0.2) is 4.39 Å². The maximum absolute atomic E-state index is 13.7. The Morgan fingerprint density at radius 1 is 1.05 bits per heavy atom. The van der Waals surface area contributed by atoms with Gasteiger partial charge < -0.3 is 10.1 Å². The SMILES string of the molecule is O=C1Nc2cccc(F)c2OC1c1ccc(C(F)(F)F)cc1. The number of amides is 1. The van der Waals surface area contributed by atoms with Crippen molar-refractivity contribution in [1.82, 2.24) is 0 Å². The summed E-state index contributed by atoms with van der Waals surface area (Å²) in [6.07, 6.45) is -5.67. The molecule has 22 heavy (non-hydrogen) atoms. The van der Waals surface area contributed by atoms with Crippen LogP contribution in [0.5, 0.6) is 5.75 Å². The third kappa shape index (κ3) is 2.49. The van der Waals surface area contributed by atoms with E-state index in [1.165, 1.54) is 18.2 Å². The molecule has 2 aromatic rings. The normalized spacial score (nSPS) is 17.5. The highest BCUT2D eigenvalue weighted by Crippen LogP contribution is 2.37. The van der Waals surface area contributed by atoms with Crippen LogP contribution in [-0.2, 0) is 11.0 Å². The van der Waals surface area contributed by atoms with Gasteiger partial charge >= 0.3 is 6.18 Å². The van der Waals surface area contributed by atoms with E-state index in [2.05, 4.69) is 5.32 Å². The zero-order chi connectivity index (χ0) is 15.9. The second-order valence-corrected chi connectivity index (χ2v) is 4.72. The van der Waals surface area contributed by atoms with Crippen molar-refractivity contribution in [3.05, 3.63) is 59.4 Å². The highest BCUT2D eigenvalue weighted by Gasteiger charge is 2.33. The van der Waals surface area contributed by atoms with Crippen molar-refractivity contribution in [3.8, 4) is 5.75 Å². The van der Waals surface area contributed by atoms with Crippen molar-refractivity contribution in [2.45, 2.75) is 12.3 Å². The Kier molecular flexibility index (Phi) is 3.27. The van der Waals surface area contributed by atoms with E-state index < -0.39 is 29.6 Å². The summed E-state index contributed by atoms with van der Waals surface area (Å²) < 4.78 is 56.6. The van der Waals surface area contributed by atoms with Gasteiger partial charge in [-0.1, -0.05) is 18.2 Å². The molecule has 0 spiro atoms. The Labute approximate surface area is 122 Å². The number of hydrogen-bond donors (Lipinski definition) is 1. The Hall–Kier alpha value is -2.57. The molecule has 1 heterocycles. The summed E-state index contributed by atoms with van der Waals surface area (Å²) in [4.78, 5) is 12.0. The molecule has 0 fully saturated rings. The molecule has 1 unspecified atom stereocenters. The van der Waals surface area contributed by atoms with Crippen LogP contribution in [0.15, 0.2) is 42.5 Å². The summed E-state index contributed by atoms with van der Waals surface area (Å²) in [5, 5.41) is 2.47. The summed E-state index contributed by atoms with van der Waals surface area (Å²) in [5.74, 6) is -1.36. The molecular weight excluding hydrogens is 302 g/mol. The molecule has 3 nitrogen and oxygen atoms in total. The number of para-hydroxylation sites is 1. The Balaban J connectivity index is 1.93. The third-order valence-electron chi connectivity index (χ3n) is 3.24. The Bertz CT molecular complexity index is 725. The predicted molar refractivity (Wildman–Crippen MR) is 69.8 cm³/mol. The minimum Gasteiger partial charge on any atom is -0.471 e. The van der Waals surface area contributed by atoms with Crippen LogP contribution < -0.4 is 10.1 Å². The minimum absolute atomic E-state index is 0.132. The summed E-state index contributed by atoms with van der Waals surface area (Å²) in [5.41, 5.74) is -0.438. The molecule has 1 N–H and O–H groups in total. The second kappa shape index (κ2) is 5.01. The van der Waals surface area contributed by atoms with Gasteiger partial charge in [0, 0.05) is 5.56 Å². The highest BCUT2D eigenvalue weighted by molar-refractivity contribution is 5.98. The fraction of sp³-hybridized carbons (Fsp3) is 0.133. The van der Waals surface area contributed by atoms with Crippen molar-refractivity contribution in [2.24, 2.45) is 0 Å². The van der Waals surface area contributed by atoms with Crippen LogP contribution >= 0.6 is 0 Å². The van der Waals surface area contributed by atoms with Gasteiger partial charge in [-0.15, -0.1) is 0 Å². The van der Waals surface area contributed by atoms with Crippen LogP contribution in [0.2, 0.25) is 0 Å². The van der Waals surface area contributed by atoms with Crippen molar-refractivity contribution in [1.29, 1.82) is 0 Å². The molecule has 114 valence electrons. The zero-order valence-electron chi connectivity index (χ0n) is 10.9. The van der Waals surface area contributed by atoms with Crippen LogP contribution in [0, 0.1) is 5.82 Å². The standard InChI is InChI=1S/C15H9F4NO2/c16-10-2-1-3-11-13(10)22-12(14(21)20-11)8-4-6-9(7-5-8)15(17,18)19/h1-7,12H,(H,20,21). The van der Waals surface area contributed by atoms with Crippen LogP contribution in [0.4, 0.5) is 23.2 Å². The monoisotopic (exact) mass is 311 g/mol. The fourth-order valence-corrected chi connectivity index (χ4v) is 2.16. The average molecular weight is 311 g/mol. The first-order valence-electron chi connectivity index (χ1n) is 6.29. The number of carbonyl (C=O) groups is 1. The van der Waals surface area contributed by atoms with Gasteiger partial charge in [-0.2, -0.15) is 13.2 Å². The largest absolute Gasteiger partial charge is 0.471 e. The third-order valence-corrected chi connectivity index (χ3v) is 3.24. The van der Waals surface area contributed by atoms with Crippen LogP contribution in [0.25, 0.3) is 0 Å². The number of halogens is 4. The lowest BCUT2D eigenvalue weighted by atomic mass is 10.0. The smallest absolute Gasteiger partial charge is 0.416 e. The summed E-state index contributed by atoms with van der Waals surface area (Å²) in [7, 11) is 0. The van der Waals surface area contributed by atoms with E-state index in [0.717, 1.165) is 24.3 Å². The highest BCUT2D eigenvalue weighted by atomic mass is 19.4. The van der Waals surface area contributed by atoms with Gasteiger partial charge in [0.15, 0.2) is 11.6 Å². The summed E-state index contributed by atoms with van der Waals surface area (Å²) >= 11 is 0. The molecule has 0 saturated heterocycles. The van der Waals surface area contributed by atoms with Gasteiger partial charge in [0.05, 0.1) is 11.3 Å².